The van der Waals surface area contributed by atoms with Gasteiger partial charge in [-0.05, 0) is 25.2 Å². The summed E-state index contributed by atoms with van der Waals surface area (Å²) >= 11 is 0. The van der Waals surface area contributed by atoms with Gasteiger partial charge in [-0.2, -0.15) is 10.2 Å². The zero-order valence-corrected chi connectivity index (χ0v) is 12.3. The Morgan fingerprint density at radius 2 is 2.14 bits per heavy atom. The maximum atomic E-state index is 12.1. The lowest BCUT2D eigenvalue weighted by atomic mass is 9.95. The van der Waals surface area contributed by atoms with Gasteiger partial charge in [-0.25, -0.2) is 4.79 Å². The van der Waals surface area contributed by atoms with Crippen molar-refractivity contribution in [2.24, 2.45) is 16.1 Å². The first-order chi connectivity index (χ1) is 9.91. The fourth-order valence-electron chi connectivity index (χ4n) is 2.96. The molecule has 2 aliphatic rings. The summed E-state index contributed by atoms with van der Waals surface area (Å²) in [4.78, 5) is 23.6. The van der Waals surface area contributed by atoms with Crippen LogP contribution in [0.1, 0.15) is 51.9 Å². The number of terminal acetylenes is 1. The van der Waals surface area contributed by atoms with Crippen LogP contribution in [-0.4, -0.2) is 28.2 Å². The third-order valence-corrected chi connectivity index (χ3v) is 4.35. The number of carboxylic acid groups (broad SMARTS) is 1. The van der Waals surface area contributed by atoms with Gasteiger partial charge in [0.1, 0.15) is 5.54 Å². The highest BCUT2D eigenvalue weighted by Gasteiger charge is 2.46. The molecule has 0 aromatic carbocycles. The fraction of sp³-hybridized carbons (Fsp3) is 0.733. The molecule has 1 aliphatic heterocycles. The van der Waals surface area contributed by atoms with Crippen molar-refractivity contribution in [2.45, 2.75) is 63.1 Å². The molecule has 0 spiro atoms. The molecule has 2 unspecified atom stereocenters. The van der Waals surface area contributed by atoms with Crippen molar-refractivity contribution in [2.75, 3.05) is 0 Å². The predicted octanol–water partition coefficient (Wildman–Crippen LogP) is 2.10. The number of hydrogen-bond acceptors (Lipinski definition) is 4. The van der Waals surface area contributed by atoms with Gasteiger partial charge in [-0.15, -0.1) is 12.3 Å². The molecule has 0 saturated heterocycles. The second kappa shape index (κ2) is 5.84. The molecule has 1 amide bonds. The summed E-state index contributed by atoms with van der Waals surface area (Å²) in [6.07, 6.45) is 8.96. The average molecular weight is 291 g/mol. The molecule has 1 saturated carbocycles. The molecule has 2 rings (SSSR count). The lowest BCUT2D eigenvalue weighted by Gasteiger charge is -2.26. The number of hydrogen-bond donors (Lipinski definition) is 2. The van der Waals surface area contributed by atoms with Gasteiger partial charge in [0.15, 0.2) is 5.66 Å². The standard InChI is InChI=1S/C15H21N3O3/c1-3-4-7-15(17-18-15)9-6-12(19)16-14(13(20)21)8-5-11(2)10-14/h1,11H,4-10H2,2H3,(H,16,19)(H,20,21). The molecule has 6 heteroatoms. The van der Waals surface area contributed by atoms with E-state index >= 15 is 0 Å². The SMILES string of the molecule is C#CCCC1(CCC(=O)NC2(C(=O)O)CCC(C)C2)N=N1. The third kappa shape index (κ3) is 3.60. The van der Waals surface area contributed by atoms with Crippen LogP contribution in [0.2, 0.25) is 0 Å². The van der Waals surface area contributed by atoms with Gasteiger partial charge in [0.25, 0.3) is 0 Å². The highest BCUT2D eigenvalue weighted by atomic mass is 16.4. The number of aliphatic carboxylic acids is 1. The lowest BCUT2D eigenvalue weighted by molar-refractivity contribution is -0.147. The molecule has 21 heavy (non-hydrogen) atoms. The van der Waals surface area contributed by atoms with Crippen LogP contribution in [0.15, 0.2) is 10.2 Å². The predicted molar refractivity (Wildman–Crippen MR) is 76.4 cm³/mol. The maximum absolute atomic E-state index is 12.1. The fourth-order valence-corrected chi connectivity index (χ4v) is 2.96. The lowest BCUT2D eigenvalue weighted by Crippen LogP contribution is -2.52. The summed E-state index contributed by atoms with van der Waals surface area (Å²) < 4.78 is 0. The Morgan fingerprint density at radius 1 is 1.43 bits per heavy atom. The van der Waals surface area contributed by atoms with E-state index in [1.807, 2.05) is 6.92 Å². The molecule has 0 radical (unpaired) electrons. The molecule has 1 aliphatic carbocycles. The van der Waals surface area contributed by atoms with E-state index in [9.17, 15) is 14.7 Å². The number of carbonyl (C=O) groups excluding carboxylic acids is 1. The number of nitrogens with zero attached hydrogens (tertiary/aromatic N) is 2. The second-order valence-corrected chi connectivity index (χ2v) is 6.17. The highest BCUT2D eigenvalue weighted by Crippen LogP contribution is 2.38. The summed E-state index contributed by atoms with van der Waals surface area (Å²) in [7, 11) is 0. The van der Waals surface area contributed by atoms with E-state index in [2.05, 4.69) is 21.5 Å². The first kappa shape index (κ1) is 15.5. The monoisotopic (exact) mass is 291 g/mol. The molecular formula is C15H21N3O3. The van der Waals surface area contributed by atoms with Gasteiger partial charge < -0.3 is 10.4 Å². The number of carbonyl (C=O) groups is 2. The largest absolute Gasteiger partial charge is 0.480 e. The van der Waals surface area contributed by atoms with E-state index < -0.39 is 17.2 Å². The Morgan fingerprint density at radius 3 is 2.62 bits per heavy atom. The zero-order valence-electron chi connectivity index (χ0n) is 12.3. The van der Waals surface area contributed by atoms with E-state index in [1.54, 1.807) is 0 Å². The van der Waals surface area contributed by atoms with E-state index in [0.29, 0.717) is 38.0 Å². The van der Waals surface area contributed by atoms with Gasteiger partial charge in [0, 0.05) is 25.7 Å². The summed E-state index contributed by atoms with van der Waals surface area (Å²) in [5.41, 5.74) is -1.59. The minimum atomic E-state index is -1.10. The van der Waals surface area contributed by atoms with Crippen LogP contribution in [0.25, 0.3) is 0 Å². The van der Waals surface area contributed by atoms with Gasteiger partial charge >= 0.3 is 5.97 Å². The zero-order chi connectivity index (χ0) is 15.5. The third-order valence-electron chi connectivity index (χ3n) is 4.35. The summed E-state index contributed by atoms with van der Waals surface area (Å²) in [5, 5.41) is 20.1. The molecule has 6 nitrogen and oxygen atoms in total. The summed E-state index contributed by atoms with van der Waals surface area (Å²) in [5.74, 6) is 1.67. The highest BCUT2D eigenvalue weighted by molar-refractivity contribution is 5.87. The molecule has 0 aromatic heterocycles. The molecule has 1 fully saturated rings. The van der Waals surface area contributed by atoms with Crippen LogP contribution in [0.5, 0.6) is 0 Å². The van der Waals surface area contributed by atoms with Gasteiger partial charge in [-0.1, -0.05) is 6.92 Å². The second-order valence-electron chi connectivity index (χ2n) is 6.17. The number of amides is 1. The number of carboxylic acids is 1. The van der Waals surface area contributed by atoms with Crippen LogP contribution in [0, 0.1) is 18.3 Å². The van der Waals surface area contributed by atoms with Crippen molar-refractivity contribution in [1.29, 1.82) is 0 Å². The van der Waals surface area contributed by atoms with Crippen LogP contribution < -0.4 is 5.32 Å². The first-order valence-electron chi connectivity index (χ1n) is 7.33. The molecule has 2 N–H and O–H groups in total. The van der Waals surface area contributed by atoms with Crippen molar-refractivity contribution < 1.29 is 14.7 Å². The Hall–Kier alpha value is -1.90. The smallest absolute Gasteiger partial charge is 0.329 e. The average Bonchev–Trinajstić information content (AvgIpc) is 3.11. The van der Waals surface area contributed by atoms with Crippen molar-refractivity contribution >= 4 is 11.9 Å². The molecule has 0 bridgehead atoms. The van der Waals surface area contributed by atoms with E-state index in [0.717, 1.165) is 6.42 Å². The minimum Gasteiger partial charge on any atom is -0.480 e. The topological polar surface area (TPSA) is 91.1 Å². The maximum Gasteiger partial charge on any atom is 0.329 e. The Balaban J connectivity index is 1.84. The molecular weight excluding hydrogens is 270 g/mol. The Kier molecular flexibility index (Phi) is 4.31. The molecule has 2 atom stereocenters. The quantitative estimate of drug-likeness (QED) is 0.704. The first-order valence-corrected chi connectivity index (χ1v) is 7.33. The normalized spacial score (nSPS) is 28.9. The van der Waals surface area contributed by atoms with E-state index in [-0.39, 0.29) is 12.3 Å². The van der Waals surface area contributed by atoms with E-state index in [4.69, 9.17) is 6.42 Å². The van der Waals surface area contributed by atoms with Gasteiger partial charge in [0.2, 0.25) is 5.91 Å². The van der Waals surface area contributed by atoms with Crippen LogP contribution >= 0.6 is 0 Å². The van der Waals surface area contributed by atoms with E-state index in [1.165, 1.54) is 0 Å². The number of nitrogens with one attached hydrogen (secondary N) is 1. The molecule has 1 heterocycles. The van der Waals surface area contributed by atoms with Gasteiger partial charge in [0.05, 0.1) is 0 Å². The van der Waals surface area contributed by atoms with Gasteiger partial charge in [-0.3, -0.25) is 4.79 Å². The van der Waals surface area contributed by atoms with Crippen LogP contribution in [0.3, 0.4) is 0 Å². The number of rotatable bonds is 7. The summed E-state index contributed by atoms with van der Waals surface area (Å²) in [6, 6.07) is 0. The Bertz CT molecular complexity index is 503. The minimum absolute atomic E-state index is 0.223. The Labute approximate surface area is 124 Å². The van der Waals surface area contributed by atoms with Crippen molar-refractivity contribution in [3.63, 3.8) is 0 Å². The van der Waals surface area contributed by atoms with Crippen molar-refractivity contribution in [1.82, 2.24) is 5.32 Å². The molecule has 0 aromatic rings. The van der Waals surface area contributed by atoms with Crippen LogP contribution in [0.4, 0.5) is 0 Å². The summed E-state index contributed by atoms with van der Waals surface area (Å²) in [6.45, 7) is 2.01. The van der Waals surface area contributed by atoms with Crippen molar-refractivity contribution in [3.8, 4) is 12.3 Å². The van der Waals surface area contributed by atoms with Crippen molar-refractivity contribution in [3.05, 3.63) is 0 Å². The molecule has 114 valence electrons. The van der Waals surface area contributed by atoms with Crippen LogP contribution in [-0.2, 0) is 9.59 Å².